The first kappa shape index (κ1) is 17.5. The SMILES string of the molecule is O=CN(c1cc(-c2ccc(F)c(F)c2)sc1C(=O)O)C1CCCCC1. The van der Waals surface area contributed by atoms with Crippen LogP contribution in [-0.2, 0) is 4.79 Å². The molecule has 1 aromatic heterocycles. The molecule has 0 spiro atoms. The number of carbonyl (C=O) groups is 2. The molecule has 1 amide bonds. The molecule has 0 aliphatic heterocycles. The molecule has 0 saturated heterocycles. The molecule has 1 saturated carbocycles. The maximum absolute atomic E-state index is 13.5. The van der Waals surface area contributed by atoms with Gasteiger partial charge in [-0.1, -0.05) is 25.3 Å². The number of rotatable bonds is 5. The molecule has 1 N–H and O–H groups in total. The Bertz CT molecular complexity index is 800. The highest BCUT2D eigenvalue weighted by Crippen LogP contribution is 2.39. The van der Waals surface area contributed by atoms with Crippen molar-refractivity contribution in [1.29, 1.82) is 0 Å². The summed E-state index contributed by atoms with van der Waals surface area (Å²) in [5.74, 6) is -3.10. The van der Waals surface area contributed by atoms with E-state index in [1.807, 2.05) is 0 Å². The molecule has 3 rings (SSSR count). The molecule has 0 radical (unpaired) electrons. The van der Waals surface area contributed by atoms with E-state index in [1.54, 1.807) is 6.07 Å². The molecule has 132 valence electrons. The van der Waals surface area contributed by atoms with Gasteiger partial charge in [-0.2, -0.15) is 0 Å². The van der Waals surface area contributed by atoms with E-state index in [0.29, 0.717) is 22.5 Å². The molecule has 1 aliphatic carbocycles. The number of benzene rings is 1. The number of carbonyl (C=O) groups excluding carboxylic acids is 1. The summed E-state index contributed by atoms with van der Waals surface area (Å²) >= 11 is 0.954. The van der Waals surface area contributed by atoms with Crippen LogP contribution < -0.4 is 4.90 Å². The lowest BCUT2D eigenvalue weighted by Crippen LogP contribution is -2.36. The van der Waals surface area contributed by atoms with Crippen molar-refractivity contribution in [1.82, 2.24) is 0 Å². The van der Waals surface area contributed by atoms with E-state index in [2.05, 4.69) is 0 Å². The van der Waals surface area contributed by atoms with Gasteiger partial charge in [0.25, 0.3) is 0 Å². The van der Waals surface area contributed by atoms with Crippen LogP contribution in [0.3, 0.4) is 0 Å². The average molecular weight is 365 g/mol. The lowest BCUT2D eigenvalue weighted by atomic mass is 9.94. The van der Waals surface area contributed by atoms with Gasteiger partial charge in [0, 0.05) is 10.9 Å². The van der Waals surface area contributed by atoms with E-state index in [4.69, 9.17) is 0 Å². The average Bonchev–Trinajstić information content (AvgIpc) is 3.04. The number of hydrogen-bond acceptors (Lipinski definition) is 3. The number of nitrogens with zero attached hydrogens (tertiary/aromatic N) is 1. The lowest BCUT2D eigenvalue weighted by Gasteiger charge is -2.31. The van der Waals surface area contributed by atoms with Gasteiger partial charge in [-0.15, -0.1) is 11.3 Å². The molecule has 0 atom stereocenters. The predicted molar refractivity (Wildman–Crippen MR) is 92.0 cm³/mol. The molecular formula is C18H17F2NO3S. The van der Waals surface area contributed by atoms with Crippen molar-refractivity contribution in [2.45, 2.75) is 38.1 Å². The monoisotopic (exact) mass is 365 g/mol. The Hall–Kier alpha value is -2.28. The van der Waals surface area contributed by atoms with Gasteiger partial charge in [0.05, 0.1) is 5.69 Å². The molecule has 1 aromatic carbocycles. The van der Waals surface area contributed by atoms with E-state index >= 15 is 0 Å². The second kappa shape index (κ2) is 7.31. The summed E-state index contributed by atoms with van der Waals surface area (Å²) in [6.07, 6.45) is 5.43. The summed E-state index contributed by atoms with van der Waals surface area (Å²) in [6.45, 7) is 0. The van der Waals surface area contributed by atoms with E-state index in [0.717, 1.165) is 55.6 Å². The lowest BCUT2D eigenvalue weighted by molar-refractivity contribution is -0.108. The van der Waals surface area contributed by atoms with Crippen LogP contribution in [0.15, 0.2) is 24.3 Å². The first-order chi connectivity index (χ1) is 12.0. The third-order valence-corrected chi connectivity index (χ3v) is 5.63. The minimum atomic E-state index is -1.14. The number of halogens is 2. The predicted octanol–water partition coefficient (Wildman–Crippen LogP) is 4.69. The summed E-state index contributed by atoms with van der Waals surface area (Å²) < 4.78 is 26.6. The Kier molecular flexibility index (Phi) is 5.13. The fourth-order valence-corrected chi connectivity index (χ4v) is 4.21. The van der Waals surface area contributed by atoms with Crippen molar-refractivity contribution in [3.05, 3.63) is 40.8 Å². The van der Waals surface area contributed by atoms with Crippen LogP contribution in [0.25, 0.3) is 10.4 Å². The first-order valence-electron chi connectivity index (χ1n) is 8.07. The van der Waals surface area contributed by atoms with Crippen molar-refractivity contribution >= 4 is 29.4 Å². The van der Waals surface area contributed by atoms with E-state index in [9.17, 15) is 23.5 Å². The fraction of sp³-hybridized carbons (Fsp3) is 0.333. The quantitative estimate of drug-likeness (QED) is 0.782. The molecule has 25 heavy (non-hydrogen) atoms. The van der Waals surface area contributed by atoms with Gasteiger partial charge in [-0.25, -0.2) is 13.6 Å². The highest BCUT2D eigenvalue weighted by Gasteiger charge is 2.27. The minimum absolute atomic E-state index is 0.0254. The third-order valence-electron chi connectivity index (χ3n) is 4.47. The molecule has 7 heteroatoms. The molecular weight excluding hydrogens is 348 g/mol. The van der Waals surface area contributed by atoms with Gasteiger partial charge >= 0.3 is 5.97 Å². The molecule has 2 aromatic rings. The van der Waals surface area contributed by atoms with E-state index in [1.165, 1.54) is 11.0 Å². The number of carboxylic acid groups (broad SMARTS) is 1. The van der Waals surface area contributed by atoms with Crippen molar-refractivity contribution in [3.63, 3.8) is 0 Å². The maximum atomic E-state index is 13.5. The Morgan fingerprint density at radius 1 is 1.16 bits per heavy atom. The largest absolute Gasteiger partial charge is 0.477 e. The van der Waals surface area contributed by atoms with Crippen LogP contribution in [0.4, 0.5) is 14.5 Å². The first-order valence-corrected chi connectivity index (χ1v) is 8.89. The van der Waals surface area contributed by atoms with E-state index in [-0.39, 0.29) is 10.9 Å². The molecule has 1 heterocycles. The zero-order valence-corrected chi connectivity index (χ0v) is 14.2. The summed E-state index contributed by atoms with van der Waals surface area (Å²) in [4.78, 5) is 25.3. The van der Waals surface area contributed by atoms with Crippen molar-refractivity contribution < 1.29 is 23.5 Å². The van der Waals surface area contributed by atoms with Crippen molar-refractivity contribution in [2.75, 3.05) is 4.90 Å². The summed E-state index contributed by atoms with van der Waals surface area (Å²) in [7, 11) is 0. The van der Waals surface area contributed by atoms with Gasteiger partial charge in [0.1, 0.15) is 4.88 Å². The second-order valence-corrected chi connectivity index (χ2v) is 7.12. The van der Waals surface area contributed by atoms with Gasteiger partial charge in [-0.05, 0) is 36.6 Å². The summed E-state index contributed by atoms with van der Waals surface area (Å²) in [6, 6.07) is 4.97. The number of aromatic carboxylic acids is 1. The highest BCUT2D eigenvalue weighted by atomic mass is 32.1. The molecule has 0 bridgehead atoms. The second-order valence-electron chi connectivity index (χ2n) is 6.06. The minimum Gasteiger partial charge on any atom is -0.477 e. The van der Waals surface area contributed by atoms with Crippen LogP contribution in [0.2, 0.25) is 0 Å². The maximum Gasteiger partial charge on any atom is 0.348 e. The van der Waals surface area contributed by atoms with E-state index < -0.39 is 17.6 Å². The van der Waals surface area contributed by atoms with Crippen LogP contribution >= 0.6 is 11.3 Å². The van der Waals surface area contributed by atoms with Gasteiger partial charge in [0.15, 0.2) is 11.6 Å². The van der Waals surface area contributed by atoms with Crippen LogP contribution in [-0.4, -0.2) is 23.5 Å². The highest BCUT2D eigenvalue weighted by molar-refractivity contribution is 7.18. The molecule has 1 fully saturated rings. The van der Waals surface area contributed by atoms with Crippen LogP contribution in [0.5, 0.6) is 0 Å². The molecule has 1 aliphatic rings. The summed E-state index contributed by atoms with van der Waals surface area (Å²) in [5, 5.41) is 9.50. The number of thiophene rings is 1. The smallest absolute Gasteiger partial charge is 0.348 e. The number of hydrogen-bond donors (Lipinski definition) is 1. The molecule has 4 nitrogen and oxygen atoms in total. The van der Waals surface area contributed by atoms with Crippen molar-refractivity contribution in [2.24, 2.45) is 0 Å². The van der Waals surface area contributed by atoms with Crippen LogP contribution in [0.1, 0.15) is 41.8 Å². The normalized spacial score (nSPS) is 15.1. The van der Waals surface area contributed by atoms with Crippen molar-refractivity contribution in [3.8, 4) is 10.4 Å². The summed E-state index contributed by atoms with van der Waals surface area (Å²) in [5.41, 5.74) is 0.700. The molecule has 0 unspecified atom stereocenters. The van der Waals surface area contributed by atoms with Gasteiger partial charge < -0.3 is 10.0 Å². The fourth-order valence-electron chi connectivity index (χ4n) is 3.22. The Morgan fingerprint density at radius 2 is 1.88 bits per heavy atom. The van der Waals surface area contributed by atoms with Gasteiger partial charge in [-0.3, -0.25) is 4.79 Å². The topological polar surface area (TPSA) is 57.6 Å². The zero-order chi connectivity index (χ0) is 18.0. The van der Waals surface area contributed by atoms with Gasteiger partial charge in [0.2, 0.25) is 6.41 Å². The number of anilines is 1. The Labute approximate surface area is 147 Å². The number of carboxylic acids is 1. The Morgan fingerprint density at radius 3 is 2.48 bits per heavy atom. The van der Waals surface area contributed by atoms with Crippen LogP contribution in [0, 0.1) is 11.6 Å². The number of amides is 1. The standard InChI is InChI=1S/C18H17F2NO3S/c19-13-7-6-11(8-14(13)20)16-9-15(17(25-16)18(23)24)21(10-22)12-4-2-1-3-5-12/h6-10,12H,1-5H2,(H,23,24). The Balaban J connectivity index is 2.03. The zero-order valence-electron chi connectivity index (χ0n) is 13.4. The third kappa shape index (κ3) is 3.56.